The Morgan fingerprint density at radius 1 is 0.882 bits per heavy atom. The number of rotatable bonds is 3. The Kier molecular flexibility index (Phi) is 3.97. The van der Waals surface area contributed by atoms with Gasteiger partial charge in [0.15, 0.2) is 0 Å². The molecule has 0 aromatic heterocycles. The molecule has 2 aromatic rings. The van der Waals surface area contributed by atoms with Crippen LogP contribution < -0.4 is 5.30 Å². The van der Waals surface area contributed by atoms with Crippen LogP contribution in [-0.2, 0) is 6.16 Å². The second-order valence-electron chi connectivity index (χ2n) is 4.60. The Morgan fingerprint density at radius 3 is 2.06 bits per heavy atom. The van der Waals surface area contributed by atoms with Crippen molar-refractivity contribution in [2.45, 2.75) is 26.9 Å². The number of benzene rings is 2. The second kappa shape index (κ2) is 5.47. The summed E-state index contributed by atoms with van der Waals surface area (Å²) in [6.07, 6.45) is 1.17. The Morgan fingerprint density at radius 2 is 1.47 bits per heavy atom. The molecular formula is C16H19P. The molecule has 1 heteroatoms. The smallest absolute Gasteiger partial charge is 0.00550 e. The van der Waals surface area contributed by atoms with Gasteiger partial charge >= 0.3 is 0 Å². The molecule has 0 radical (unpaired) electrons. The molecule has 17 heavy (non-hydrogen) atoms. The topological polar surface area (TPSA) is 0 Å². The molecule has 88 valence electrons. The van der Waals surface area contributed by atoms with E-state index in [9.17, 15) is 0 Å². The number of hydrogen-bond acceptors (Lipinski definition) is 0. The van der Waals surface area contributed by atoms with Crippen LogP contribution in [0.2, 0.25) is 0 Å². The van der Waals surface area contributed by atoms with E-state index >= 15 is 0 Å². The molecule has 0 fully saturated rings. The van der Waals surface area contributed by atoms with Crippen LogP contribution >= 0.6 is 8.58 Å². The van der Waals surface area contributed by atoms with Crippen molar-refractivity contribution < 1.29 is 0 Å². The van der Waals surface area contributed by atoms with Crippen LogP contribution in [-0.4, -0.2) is 0 Å². The zero-order valence-corrected chi connectivity index (χ0v) is 11.7. The standard InChI is InChI=1S/C16H19P/c1-12-9-13(2)16(14(3)10-12)11-17-15-7-5-4-6-8-15/h4-10,17H,11H2,1-3H3. The van der Waals surface area contributed by atoms with Crippen molar-refractivity contribution in [3.05, 3.63) is 64.7 Å². The molecule has 0 saturated carbocycles. The number of hydrogen-bond donors (Lipinski definition) is 0. The zero-order chi connectivity index (χ0) is 12.3. The molecule has 0 heterocycles. The lowest BCUT2D eigenvalue weighted by Crippen LogP contribution is -1.97. The van der Waals surface area contributed by atoms with Crippen LogP contribution in [0.15, 0.2) is 42.5 Å². The van der Waals surface area contributed by atoms with Crippen LogP contribution in [0, 0.1) is 20.8 Å². The average molecular weight is 242 g/mol. The maximum absolute atomic E-state index is 2.29. The normalized spacial score (nSPS) is 11.2. The zero-order valence-electron chi connectivity index (χ0n) is 10.7. The van der Waals surface area contributed by atoms with Gasteiger partial charge in [0.05, 0.1) is 0 Å². The first-order valence-electron chi connectivity index (χ1n) is 6.02. The highest BCUT2D eigenvalue weighted by Crippen LogP contribution is 2.24. The fourth-order valence-corrected chi connectivity index (χ4v) is 3.60. The maximum Gasteiger partial charge on any atom is -0.00550 e. The minimum absolute atomic E-state index is 0.871. The second-order valence-corrected chi connectivity index (χ2v) is 5.88. The average Bonchev–Trinajstić information content (AvgIpc) is 2.29. The van der Waals surface area contributed by atoms with Gasteiger partial charge in [-0.25, -0.2) is 0 Å². The van der Waals surface area contributed by atoms with E-state index in [0.29, 0.717) is 0 Å². The first kappa shape index (κ1) is 12.3. The Bertz CT molecular complexity index is 477. The summed E-state index contributed by atoms with van der Waals surface area (Å²) in [6.45, 7) is 6.62. The van der Waals surface area contributed by atoms with Gasteiger partial charge in [-0.05, 0) is 48.9 Å². The summed E-state index contributed by atoms with van der Waals surface area (Å²) in [5.41, 5.74) is 5.77. The van der Waals surface area contributed by atoms with Crippen molar-refractivity contribution in [3.63, 3.8) is 0 Å². The Balaban J connectivity index is 2.15. The van der Waals surface area contributed by atoms with Gasteiger partial charge in [-0.3, -0.25) is 0 Å². The quantitative estimate of drug-likeness (QED) is 0.710. The molecule has 2 aromatic carbocycles. The molecule has 0 nitrogen and oxygen atoms in total. The van der Waals surface area contributed by atoms with Crippen molar-refractivity contribution >= 4 is 13.9 Å². The predicted octanol–water partition coefficient (Wildman–Crippen LogP) is 4.12. The summed E-state index contributed by atoms with van der Waals surface area (Å²) in [7, 11) is 0.871. The van der Waals surface area contributed by atoms with E-state index in [-0.39, 0.29) is 0 Å². The minimum atomic E-state index is 0.871. The van der Waals surface area contributed by atoms with E-state index in [1.54, 1.807) is 0 Å². The molecule has 0 N–H and O–H groups in total. The first-order valence-corrected chi connectivity index (χ1v) is 7.23. The van der Waals surface area contributed by atoms with Crippen molar-refractivity contribution in [3.8, 4) is 0 Å². The van der Waals surface area contributed by atoms with Crippen molar-refractivity contribution in [1.82, 2.24) is 0 Å². The molecule has 1 unspecified atom stereocenters. The highest BCUT2D eigenvalue weighted by molar-refractivity contribution is 7.46. The molecule has 0 amide bonds. The molecule has 2 rings (SSSR count). The van der Waals surface area contributed by atoms with Gasteiger partial charge in [-0.15, -0.1) is 0 Å². The molecule has 0 bridgehead atoms. The van der Waals surface area contributed by atoms with Gasteiger partial charge in [0.25, 0.3) is 0 Å². The highest BCUT2D eigenvalue weighted by atomic mass is 31.1. The molecule has 0 aliphatic carbocycles. The predicted molar refractivity (Wildman–Crippen MR) is 78.7 cm³/mol. The SMILES string of the molecule is Cc1cc(C)c(CPc2ccccc2)c(C)c1. The third-order valence-corrected chi connectivity index (χ3v) is 4.36. The van der Waals surface area contributed by atoms with Gasteiger partial charge in [0.2, 0.25) is 0 Å². The van der Waals surface area contributed by atoms with Gasteiger partial charge < -0.3 is 0 Å². The summed E-state index contributed by atoms with van der Waals surface area (Å²) in [5, 5.41) is 1.45. The molecule has 0 spiro atoms. The van der Waals surface area contributed by atoms with Crippen LogP contribution in [0.1, 0.15) is 22.3 Å². The number of aryl methyl sites for hydroxylation is 3. The third kappa shape index (κ3) is 3.17. The van der Waals surface area contributed by atoms with Crippen LogP contribution in [0.4, 0.5) is 0 Å². The Hall–Kier alpha value is -1.13. The fraction of sp³-hybridized carbons (Fsp3) is 0.250. The van der Waals surface area contributed by atoms with Crippen molar-refractivity contribution in [1.29, 1.82) is 0 Å². The lowest BCUT2D eigenvalue weighted by Gasteiger charge is -2.11. The first-order chi connectivity index (χ1) is 8.16. The van der Waals surface area contributed by atoms with Gasteiger partial charge in [-0.2, -0.15) is 0 Å². The largest absolute Gasteiger partial charge is 0.0859 e. The summed E-state index contributed by atoms with van der Waals surface area (Å²) in [6, 6.07) is 15.3. The highest BCUT2D eigenvalue weighted by Gasteiger charge is 2.03. The van der Waals surface area contributed by atoms with E-state index in [2.05, 4.69) is 63.2 Å². The van der Waals surface area contributed by atoms with Crippen LogP contribution in [0.3, 0.4) is 0 Å². The Labute approximate surface area is 106 Å². The summed E-state index contributed by atoms with van der Waals surface area (Å²) in [5.74, 6) is 0. The lowest BCUT2D eigenvalue weighted by atomic mass is 10.0. The van der Waals surface area contributed by atoms with E-state index in [1.807, 2.05) is 0 Å². The third-order valence-electron chi connectivity index (χ3n) is 3.08. The van der Waals surface area contributed by atoms with E-state index in [0.717, 1.165) is 8.58 Å². The van der Waals surface area contributed by atoms with E-state index < -0.39 is 0 Å². The maximum atomic E-state index is 2.29. The van der Waals surface area contributed by atoms with Gasteiger partial charge in [0, 0.05) is 0 Å². The minimum Gasteiger partial charge on any atom is -0.0859 e. The lowest BCUT2D eigenvalue weighted by molar-refractivity contribution is 1.21. The summed E-state index contributed by atoms with van der Waals surface area (Å²) >= 11 is 0. The van der Waals surface area contributed by atoms with Crippen molar-refractivity contribution in [2.75, 3.05) is 0 Å². The molecule has 0 aliphatic rings. The van der Waals surface area contributed by atoms with E-state index in [4.69, 9.17) is 0 Å². The summed E-state index contributed by atoms with van der Waals surface area (Å²) < 4.78 is 0. The van der Waals surface area contributed by atoms with Gasteiger partial charge in [-0.1, -0.05) is 56.6 Å². The molecule has 0 aliphatic heterocycles. The fourth-order valence-electron chi connectivity index (χ4n) is 2.24. The van der Waals surface area contributed by atoms with Crippen LogP contribution in [0.25, 0.3) is 0 Å². The summed E-state index contributed by atoms with van der Waals surface area (Å²) in [4.78, 5) is 0. The van der Waals surface area contributed by atoms with Gasteiger partial charge in [0.1, 0.15) is 0 Å². The molecular weight excluding hydrogens is 223 g/mol. The molecule has 0 saturated heterocycles. The molecule has 1 atom stereocenters. The van der Waals surface area contributed by atoms with Crippen molar-refractivity contribution in [2.24, 2.45) is 0 Å². The monoisotopic (exact) mass is 242 g/mol. The van der Waals surface area contributed by atoms with E-state index in [1.165, 1.54) is 33.7 Å². The van der Waals surface area contributed by atoms with Crippen LogP contribution in [0.5, 0.6) is 0 Å².